The van der Waals surface area contributed by atoms with Crippen molar-refractivity contribution in [3.8, 4) is 0 Å². The fourth-order valence-corrected chi connectivity index (χ4v) is 2.47. The highest BCUT2D eigenvalue weighted by Crippen LogP contribution is 2.18. The Hall–Kier alpha value is -0.910. The first-order chi connectivity index (χ1) is 10.0. The molecule has 0 spiro atoms. The standard InChI is InChI=1S/C16H31N3O2/c1-5-15(6-2)19-11-7-14(18-19)13-16(3,20)8-9-17-10-12-21-4/h7,11,15,17,20H,5-6,8-10,12-13H2,1-4H3. The van der Waals surface area contributed by atoms with E-state index in [0.29, 0.717) is 25.5 Å². The summed E-state index contributed by atoms with van der Waals surface area (Å²) in [5.41, 5.74) is 0.233. The zero-order valence-electron chi connectivity index (χ0n) is 13.9. The highest BCUT2D eigenvalue weighted by molar-refractivity contribution is 5.04. The highest BCUT2D eigenvalue weighted by atomic mass is 16.5. The molecule has 5 nitrogen and oxygen atoms in total. The second kappa shape index (κ2) is 9.18. The highest BCUT2D eigenvalue weighted by Gasteiger charge is 2.22. The molecule has 0 aromatic carbocycles. The van der Waals surface area contributed by atoms with E-state index in [0.717, 1.165) is 31.6 Å². The van der Waals surface area contributed by atoms with Crippen molar-refractivity contribution in [3.05, 3.63) is 18.0 Å². The van der Waals surface area contributed by atoms with Crippen LogP contribution in [0.25, 0.3) is 0 Å². The molecule has 122 valence electrons. The predicted molar refractivity (Wildman–Crippen MR) is 85.5 cm³/mol. The maximum Gasteiger partial charge on any atom is 0.0687 e. The number of rotatable bonds is 11. The molecule has 1 unspecified atom stereocenters. The summed E-state index contributed by atoms with van der Waals surface area (Å²) < 4.78 is 7.01. The van der Waals surface area contributed by atoms with E-state index in [1.165, 1.54) is 0 Å². The Morgan fingerprint density at radius 3 is 2.71 bits per heavy atom. The van der Waals surface area contributed by atoms with Crippen LogP contribution >= 0.6 is 0 Å². The Morgan fingerprint density at radius 2 is 2.10 bits per heavy atom. The minimum absolute atomic E-state index is 0.458. The lowest BCUT2D eigenvalue weighted by Crippen LogP contribution is -2.33. The van der Waals surface area contributed by atoms with Gasteiger partial charge < -0.3 is 15.2 Å². The summed E-state index contributed by atoms with van der Waals surface area (Å²) >= 11 is 0. The Balaban J connectivity index is 2.43. The van der Waals surface area contributed by atoms with Crippen LogP contribution in [0.3, 0.4) is 0 Å². The van der Waals surface area contributed by atoms with E-state index in [2.05, 4.69) is 24.3 Å². The average molecular weight is 297 g/mol. The predicted octanol–water partition coefficient (Wildman–Crippen LogP) is 2.16. The third kappa shape index (κ3) is 6.59. The summed E-state index contributed by atoms with van der Waals surface area (Å²) in [7, 11) is 1.69. The largest absolute Gasteiger partial charge is 0.390 e. The molecular formula is C16H31N3O2. The Bertz CT molecular complexity index is 387. The third-order valence-corrected chi connectivity index (χ3v) is 3.87. The number of nitrogens with zero attached hydrogens (tertiary/aromatic N) is 2. The zero-order valence-corrected chi connectivity index (χ0v) is 13.9. The second-order valence-corrected chi connectivity index (χ2v) is 5.92. The van der Waals surface area contributed by atoms with E-state index in [1.54, 1.807) is 7.11 Å². The van der Waals surface area contributed by atoms with E-state index in [4.69, 9.17) is 4.74 Å². The molecule has 0 saturated carbocycles. The SMILES string of the molecule is CCC(CC)n1ccc(CC(C)(O)CCNCCOC)n1. The van der Waals surface area contributed by atoms with Gasteiger partial charge >= 0.3 is 0 Å². The van der Waals surface area contributed by atoms with Gasteiger partial charge in [-0.3, -0.25) is 4.68 Å². The third-order valence-electron chi connectivity index (χ3n) is 3.87. The van der Waals surface area contributed by atoms with E-state index >= 15 is 0 Å². The van der Waals surface area contributed by atoms with Crippen molar-refractivity contribution in [1.29, 1.82) is 0 Å². The summed E-state index contributed by atoms with van der Waals surface area (Å²) in [5.74, 6) is 0. The molecule has 0 aliphatic carbocycles. The quantitative estimate of drug-likeness (QED) is 0.615. The van der Waals surface area contributed by atoms with E-state index in [1.807, 2.05) is 23.9 Å². The Morgan fingerprint density at radius 1 is 1.38 bits per heavy atom. The molecule has 0 fully saturated rings. The van der Waals surface area contributed by atoms with Crippen molar-refractivity contribution in [2.75, 3.05) is 26.8 Å². The van der Waals surface area contributed by atoms with E-state index in [9.17, 15) is 5.11 Å². The maximum absolute atomic E-state index is 10.5. The molecule has 1 aromatic heterocycles. The lowest BCUT2D eigenvalue weighted by Gasteiger charge is -2.22. The smallest absolute Gasteiger partial charge is 0.0687 e. The molecule has 0 amide bonds. The van der Waals surface area contributed by atoms with Gasteiger partial charge in [0.2, 0.25) is 0 Å². The average Bonchev–Trinajstić information content (AvgIpc) is 2.87. The summed E-state index contributed by atoms with van der Waals surface area (Å²) in [4.78, 5) is 0. The molecule has 0 saturated heterocycles. The van der Waals surface area contributed by atoms with Crippen LogP contribution in [0.15, 0.2) is 12.3 Å². The summed E-state index contributed by atoms with van der Waals surface area (Å²) in [5, 5.41) is 18.3. The summed E-state index contributed by atoms with van der Waals surface area (Å²) in [6, 6.07) is 2.48. The first kappa shape index (κ1) is 18.1. The fourth-order valence-electron chi connectivity index (χ4n) is 2.47. The number of aromatic nitrogens is 2. The molecule has 1 atom stereocenters. The van der Waals surface area contributed by atoms with Crippen LogP contribution in [0.4, 0.5) is 0 Å². The van der Waals surface area contributed by atoms with Crippen LogP contribution in [0.2, 0.25) is 0 Å². The minimum atomic E-state index is -0.729. The summed E-state index contributed by atoms with van der Waals surface area (Å²) in [6.45, 7) is 8.53. The van der Waals surface area contributed by atoms with Crippen LogP contribution in [0.1, 0.15) is 51.8 Å². The van der Waals surface area contributed by atoms with E-state index in [-0.39, 0.29) is 0 Å². The number of hydrogen-bond acceptors (Lipinski definition) is 4. The van der Waals surface area contributed by atoms with Crippen LogP contribution in [-0.4, -0.2) is 47.3 Å². The lowest BCUT2D eigenvalue weighted by molar-refractivity contribution is 0.0498. The second-order valence-electron chi connectivity index (χ2n) is 5.92. The topological polar surface area (TPSA) is 59.3 Å². The van der Waals surface area contributed by atoms with Crippen LogP contribution in [0, 0.1) is 0 Å². The van der Waals surface area contributed by atoms with Gasteiger partial charge in [-0.15, -0.1) is 0 Å². The van der Waals surface area contributed by atoms with Crippen molar-refractivity contribution < 1.29 is 9.84 Å². The Labute approximate surface area is 128 Å². The van der Waals surface area contributed by atoms with E-state index < -0.39 is 5.60 Å². The molecule has 5 heteroatoms. The number of ether oxygens (including phenoxy) is 1. The van der Waals surface area contributed by atoms with Crippen molar-refractivity contribution in [2.24, 2.45) is 0 Å². The molecule has 0 radical (unpaired) electrons. The van der Waals surface area contributed by atoms with Gasteiger partial charge in [0.1, 0.15) is 0 Å². The van der Waals surface area contributed by atoms with Crippen molar-refractivity contribution in [2.45, 2.75) is 58.1 Å². The molecule has 1 aromatic rings. The van der Waals surface area contributed by atoms with Gasteiger partial charge in [0.15, 0.2) is 0 Å². The minimum Gasteiger partial charge on any atom is -0.390 e. The van der Waals surface area contributed by atoms with Crippen LogP contribution in [0.5, 0.6) is 0 Å². The number of methoxy groups -OCH3 is 1. The number of aliphatic hydroxyl groups is 1. The monoisotopic (exact) mass is 297 g/mol. The molecule has 0 bridgehead atoms. The van der Waals surface area contributed by atoms with Crippen molar-refractivity contribution in [3.63, 3.8) is 0 Å². The van der Waals surface area contributed by atoms with Crippen molar-refractivity contribution in [1.82, 2.24) is 15.1 Å². The van der Waals surface area contributed by atoms with Gasteiger partial charge in [-0.05, 0) is 38.8 Å². The lowest BCUT2D eigenvalue weighted by atomic mass is 9.96. The van der Waals surface area contributed by atoms with Gasteiger partial charge in [-0.1, -0.05) is 13.8 Å². The Kier molecular flexibility index (Phi) is 7.93. The number of hydrogen-bond donors (Lipinski definition) is 2. The molecule has 2 N–H and O–H groups in total. The van der Waals surface area contributed by atoms with Gasteiger partial charge in [0, 0.05) is 26.3 Å². The van der Waals surface area contributed by atoms with Crippen molar-refractivity contribution >= 4 is 0 Å². The van der Waals surface area contributed by atoms with Gasteiger partial charge in [0.05, 0.1) is 23.9 Å². The first-order valence-corrected chi connectivity index (χ1v) is 7.98. The van der Waals surface area contributed by atoms with Gasteiger partial charge in [0.25, 0.3) is 0 Å². The molecule has 21 heavy (non-hydrogen) atoms. The maximum atomic E-state index is 10.5. The van der Waals surface area contributed by atoms with Gasteiger partial charge in [-0.2, -0.15) is 5.10 Å². The number of nitrogens with one attached hydrogen (secondary N) is 1. The zero-order chi connectivity index (χ0) is 15.7. The van der Waals surface area contributed by atoms with Crippen LogP contribution in [-0.2, 0) is 11.2 Å². The first-order valence-electron chi connectivity index (χ1n) is 7.98. The molecule has 1 rings (SSSR count). The molecule has 1 heterocycles. The fraction of sp³-hybridized carbons (Fsp3) is 0.812. The van der Waals surface area contributed by atoms with Crippen LogP contribution < -0.4 is 5.32 Å². The molecule has 0 aliphatic rings. The molecular weight excluding hydrogens is 266 g/mol. The summed E-state index contributed by atoms with van der Waals surface area (Å²) in [6.07, 6.45) is 5.48. The van der Waals surface area contributed by atoms with Gasteiger partial charge in [-0.25, -0.2) is 0 Å². The molecule has 0 aliphatic heterocycles. The normalized spacial score (nSPS) is 14.6.